The van der Waals surface area contributed by atoms with Gasteiger partial charge in [-0.05, 0) is 25.2 Å². The van der Waals surface area contributed by atoms with Crippen molar-refractivity contribution in [2.24, 2.45) is 0 Å². The van der Waals surface area contributed by atoms with Gasteiger partial charge in [0.15, 0.2) is 0 Å². The molecule has 2 heterocycles. The Morgan fingerprint density at radius 3 is 3.18 bits per heavy atom. The van der Waals surface area contributed by atoms with Crippen LogP contribution in [0.2, 0.25) is 0 Å². The lowest BCUT2D eigenvalue weighted by Crippen LogP contribution is -2.43. The number of hydrogen-bond donors (Lipinski definition) is 1. The van der Waals surface area contributed by atoms with Crippen LogP contribution in [0.4, 0.5) is 0 Å². The highest BCUT2D eigenvalue weighted by Crippen LogP contribution is 2.09. The first-order valence-electron chi connectivity index (χ1n) is 6.45. The van der Waals surface area contributed by atoms with Crippen LogP contribution in [0.25, 0.3) is 0 Å². The maximum absolute atomic E-state index is 5.81. The smallest absolute Gasteiger partial charge is 0.0880 e. The second-order valence-electron chi connectivity index (χ2n) is 4.63. The second kappa shape index (κ2) is 6.19. The standard InChI is InChI=1S/C13H23N3O/c1-3-15-6-7-17-13(10-15)11-16-5-4-12(9-16)8-14-2/h4-5,9,13-14H,3,6-8,10-11H2,1-2H3. The maximum Gasteiger partial charge on any atom is 0.0880 e. The minimum atomic E-state index is 0.332. The van der Waals surface area contributed by atoms with E-state index in [-0.39, 0.29) is 0 Å². The van der Waals surface area contributed by atoms with Gasteiger partial charge in [0.25, 0.3) is 0 Å². The molecule has 0 aliphatic carbocycles. The molecular formula is C13H23N3O. The average molecular weight is 237 g/mol. The van der Waals surface area contributed by atoms with Crippen molar-refractivity contribution in [3.8, 4) is 0 Å². The molecule has 96 valence electrons. The molecule has 0 radical (unpaired) electrons. The minimum absolute atomic E-state index is 0.332. The van der Waals surface area contributed by atoms with Crippen LogP contribution in [0.5, 0.6) is 0 Å². The van der Waals surface area contributed by atoms with Gasteiger partial charge < -0.3 is 14.6 Å². The van der Waals surface area contributed by atoms with Crippen LogP contribution >= 0.6 is 0 Å². The van der Waals surface area contributed by atoms with Crippen molar-refractivity contribution in [3.05, 3.63) is 24.0 Å². The molecule has 1 N–H and O–H groups in total. The van der Waals surface area contributed by atoms with Crippen molar-refractivity contribution in [3.63, 3.8) is 0 Å². The van der Waals surface area contributed by atoms with Crippen LogP contribution in [0.15, 0.2) is 18.5 Å². The Hall–Kier alpha value is -0.840. The van der Waals surface area contributed by atoms with E-state index in [4.69, 9.17) is 4.74 Å². The summed E-state index contributed by atoms with van der Waals surface area (Å²) in [5, 5.41) is 3.16. The molecule has 0 bridgehead atoms. The molecule has 1 atom stereocenters. The number of morpholine rings is 1. The van der Waals surface area contributed by atoms with E-state index >= 15 is 0 Å². The number of rotatable bonds is 5. The Morgan fingerprint density at radius 1 is 1.53 bits per heavy atom. The molecule has 1 aromatic heterocycles. The summed E-state index contributed by atoms with van der Waals surface area (Å²) in [5.41, 5.74) is 1.33. The summed E-state index contributed by atoms with van der Waals surface area (Å²) in [7, 11) is 1.97. The zero-order chi connectivity index (χ0) is 12.1. The fraction of sp³-hybridized carbons (Fsp3) is 0.692. The molecule has 0 spiro atoms. The van der Waals surface area contributed by atoms with Gasteiger partial charge in [-0.2, -0.15) is 0 Å². The van der Waals surface area contributed by atoms with Crippen molar-refractivity contribution in [1.29, 1.82) is 0 Å². The summed E-state index contributed by atoms with van der Waals surface area (Å²) in [5.74, 6) is 0. The van der Waals surface area contributed by atoms with Crippen molar-refractivity contribution in [2.75, 3.05) is 33.3 Å². The number of nitrogens with one attached hydrogen (secondary N) is 1. The highest BCUT2D eigenvalue weighted by Gasteiger charge is 2.19. The van der Waals surface area contributed by atoms with Gasteiger partial charge in [0.05, 0.1) is 12.7 Å². The summed E-state index contributed by atoms with van der Waals surface area (Å²) in [6, 6.07) is 2.16. The second-order valence-corrected chi connectivity index (χ2v) is 4.63. The van der Waals surface area contributed by atoms with Crippen LogP contribution in [-0.2, 0) is 17.8 Å². The Labute approximate surface area is 104 Å². The van der Waals surface area contributed by atoms with Gasteiger partial charge in [-0.1, -0.05) is 6.92 Å². The number of ether oxygens (including phenoxy) is 1. The van der Waals surface area contributed by atoms with Gasteiger partial charge in [-0.3, -0.25) is 4.90 Å². The van der Waals surface area contributed by atoms with Crippen LogP contribution in [0.1, 0.15) is 12.5 Å². The first-order valence-corrected chi connectivity index (χ1v) is 6.45. The molecule has 4 nitrogen and oxygen atoms in total. The highest BCUT2D eigenvalue weighted by atomic mass is 16.5. The van der Waals surface area contributed by atoms with E-state index in [0.717, 1.165) is 39.3 Å². The highest BCUT2D eigenvalue weighted by molar-refractivity contribution is 5.09. The normalized spacial score (nSPS) is 21.9. The Bertz CT molecular complexity index is 337. The van der Waals surface area contributed by atoms with Crippen molar-refractivity contribution < 1.29 is 4.74 Å². The zero-order valence-electron chi connectivity index (χ0n) is 10.9. The first kappa shape index (κ1) is 12.6. The summed E-state index contributed by atoms with van der Waals surface area (Å²) in [4.78, 5) is 2.45. The third kappa shape index (κ3) is 3.56. The van der Waals surface area contributed by atoms with E-state index in [1.54, 1.807) is 0 Å². The third-order valence-corrected chi connectivity index (χ3v) is 3.28. The maximum atomic E-state index is 5.81. The topological polar surface area (TPSA) is 29.4 Å². The Balaban J connectivity index is 1.86. The molecule has 1 fully saturated rings. The molecule has 0 amide bonds. The fourth-order valence-electron chi connectivity index (χ4n) is 2.33. The lowest BCUT2D eigenvalue weighted by Gasteiger charge is -2.32. The number of aromatic nitrogens is 1. The SMILES string of the molecule is CCN1CCOC(Cn2ccc(CNC)c2)C1. The van der Waals surface area contributed by atoms with Crippen molar-refractivity contribution >= 4 is 0 Å². The third-order valence-electron chi connectivity index (χ3n) is 3.28. The van der Waals surface area contributed by atoms with E-state index in [9.17, 15) is 0 Å². The molecule has 17 heavy (non-hydrogen) atoms. The Kier molecular flexibility index (Phi) is 4.59. The summed E-state index contributed by atoms with van der Waals surface area (Å²) in [6.07, 6.45) is 4.67. The predicted molar refractivity (Wildman–Crippen MR) is 69.0 cm³/mol. The van der Waals surface area contributed by atoms with E-state index in [1.807, 2.05) is 7.05 Å². The van der Waals surface area contributed by atoms with Gasteiger partial charge >= 0.3 is 0 Å². The predicted octanol–water partition coefficient (Wildman–Crippen LogP) is 0.928. The van der Waals surface area contributed by atoms with Crippen LogP contribution in [-0.4, -0.2) is 48.9 Å². The number of likely N-dealkylation sites (N-methyl/N-ethyl adjacent to an activating group) is 1. The largest absolute Gasteiger partial charge is 0.374 e. The Morgan fingerprint density at radius 2 is 2.41 bits per heavy atom. The molecular weight excluding hydrogens is 214 g/mol. The van der Waals surface area contributed by atoms with E-state index < -0.39 is 0 Å². The summed E-state index contributed by atoms with van der Waals surface area (Å²) < 4.78 is 8.04. The molecule has 1 saturated heterocycles. The molecule has 0 saturated carbocycles. The molecule has 1 aliphatic heterocycles. The lowest BCUT2D eigenvalue weighted by atomic mass is 10.2. The molecule has 0 aromatic carbocycles. The molecule has 4 heteroatoms. The van der Waals surface area contributed by atoms with E-state index in [0.29, 0.717) is 6.10 Å². The van der Waals surface area contributed by atoms with Crippen molar-refractivity contribution in [2.45, 2.75) is 26.1 Å². The summed E-state index contributed by atoms with van der Waals surface area (Å²) in [6.45, 7) is 8.21. The van der Waals surface area contributed by atoms with Gasteiger partial charge in [0, 0.05) is 38.6 Å². The van der Waals surface area contributed by atoms with Gasteiger partial charge in [0.2, 0.25) is 0 Å². The lowest BCUT2D eigenvalue weighted by molar-refractivity contribution is -0.0342. The zero-order valence-corrected chi connectivity index (χ0v) is 10.9. The van der Waals surface area contributed by atoms with E-state index in [2.05, 4.69) is 40.2 Å². The average Bonchev–Trinajstić information content (AvgIpc) is 2.77. The monoisotopic (exact) mass is 237 g/mol. The van der Waals surface area contributed by atoms with Crippen LogP contribution in [0, 0.1) is 0 Å². The number of hydrogen-bond acceptors (Lipinski definition) is 3. The molecule has 2 rings (SSSR count). The van der Waals surface area contributed by atoms with Gasteiger partial charge in [0.1, 0.15) is 0 Å². The van der Waals surface area contributed by atoms with Gasteiger partial charge in [-0.15, -0.1) is 0 Å². The number of nitrogens with zero attached hydrogens (tertiary/aromatic N) is 2. The minimum Gasteiger partial charge on any atom is -0.374 e. The first-order chi connectivity index (χ1) is 8.31. The fourth-order valence-corrected chi connectivity index (χ4v) is 2.33. The quantitative estimate of drug-likeness (QED) is 0.826. The summed E-state index contributed by atoms with van der Waals surface area (Å²) >= 11 is 0. The van der Waals surface area contributed by atoms with Gasteiger partial charge in [-0.25, -0.2) is 0 Å². The molecule has 1 unspecified atom stereocenters. The molecule has 1 aromatic rings. The van der Waals surface area contributed by atoms with E-state index in [1.165, 1.54) is 5.56 Å². The van der Waals surface area contributed by atoms with Crippen molar-refractivity contribution in [1.82, 2.24) is 14.8 Å². The van der Waals surface area contributed by atoms with Crippen LogP contribution in [0.3, 0.4) is 0 Å². The van der Waals surface area contributed by atoms with Crippen LogP contribution < -0.4 is 5.32 Å². The molecule has 1 aliphatic rings.